The van der Waals surface area contributed by atoms with Crippen LogP contribution >= 0.6 is 0 Å². The van der Waals surface area contributed by atoms with Gasteiger partial charge < -0.3 is 19.9 Å². The number of aliphatic carboxylic acids is 1. The number of carboxylic acids is 1. The third-order valence-electron chi connectivity index (χ3n) is 5.82. The minimum atomic E-state index is -1.03. The van der Waals surface area contributed by atoms with E-state index < -0.39 is 18.5 Å². The summed E-state index contributed by atoms with van der Waals surface area (Å²) >= 11 is 0. The second-order valence-corrected chi connectivity index (χ2v) is 9.70. The Balaban J connectivity index is 2.23. The summed E-state index contributed by atoms with van der Waals surface area (Å²) in [5, 5.41) is 11.8. The molecule has 0 bridgehead atoms. The van der Waals surface area contributed by atoms with Crippen LogP contribution < -0.4 is 10.1 Å². The molecule has 0 fully saturated rings. The highest BCUT2D eigenvalue weighted by Gasteiger charge is 2.23. The van der Waals surface area contributed by atoms with Gasteiger partial charge in [-0.3, -0.25) is 4.79 Å². The summed E-state index contributed by atoms with van der Waals surface area (Å²) in [4.78, 5) is 36.0. The van der Waals surface area contributed by atoms with Crippen molar-refractivity contribution in [1.82, 2.24) is 0 Å². The molecule has 0 aliphatic carbocycles. The van der Waals surface area contributed by atoms with E-state index in [1.807, 2.05) is 18.2 Å². The van der Waals surface area contributed by atoms with Crippen molar-refractivity contribution in [3.63, 3.8) is 0 Å². The van der Waals surface area contributed by atoms with E-state index in [1.165, 1.54) is 7.11 Å². The number of amides is 1. The third-order valence-corrected chi connectivity index (χ3v) is 5.82. The first kappa shape index (κ1) is 27.9. The van der Waals surface area contributed by atoms with Crippen LogP contribution in [-0.4, -0.2) is 36.7 Å². The summed E-state index contributed by atoms with van der Waals surface area (Å²) < 4.78 is 10.1. The second kappa shape index (κ2) is 12.9. The van der Waals surface area contributed by atoms with Crippen molar-refractivity contribution in [3.05, 3.63) is 59.2 Å². The van der Waals surface area contributed by atoms with Gasteiger partial charge in [-0.2, -0.15) is 0 Å². The van der Waals surface area contributed by atoms with Gasteiger partial charge in [0, 0.05) is 12.1 Å². The minimum Gasteiger partial charge on any atom is -0.482 e. The van der Waals surface area contributed by atoms with Crippen LogP contribution in [0, 0.1) is 0 Å². The second-order valence-electron chi connectivity index (χ2n) is 9.70. The fraction of sp³-hybridized carbons (Fsp3) is 0.464. The molecule has 0 radical (unpaired) electrons. The Kier molecular flexibility index (Phi) is 10.3. The van der Waals surface area contributed by atoms with E-state index >= 15 is 0 Å². The molecule has 2 rings (SSSR count). The van der Waals surface area contributed by atoms with Crippen molar-refractivity contribution in [2.75, 3.05) is 19.0 Å². The topological polar surface area (TPSA) is 102 Å². The van der Waals surface area contributed by atoms with E-state index in [1.54, 1.807) is 24.3 Å². The molecule has 7 nitrogen and oxygen atoms in total. The number of anilines is 1. The fourth-order valence-electron chi connectivity index (χ4n) is 3.98. The van der Waals surface area contributed by atoms with E-state index in [0.29, 0.717) is 17.0 Å². The Bertz CT molecular complexity index is 1010. The number of methoxy groups -OCH3 is 1. The highest BCUT2D eigenvalue weighted by atomic mass is 16.5. The molecule has 2 aromatic carbocycles. The number of hydrogen-bond donors (Lipinski definition) is 2. The Morgan fingerprint density at radius 3 is 2.29 bits per heavy atom. The van der Waals surface area contributed by atoms with Crippen molar-refractivity contribution < 1.29 is 29.0 Å². The molecule has 1 unspecified atom stereocenters. The molecule has 1 atom stereocenters. The van der Waals surface area contributed by atoms with Crippen molar-refractivity contribution in [2.45, 2.75) is 71.1 Å². The van der Waals surface area contributed by atoms with E-state index in [0.717, 1.165) is 36.8 Å². The van der Waals surface area contributed by atoms with E-state index in [9.17, 15) is 14.4 Å². The summed E-state index contributed by atoms with van der Waals surface area (Å²) in [5.74, 6) is -1.15. The molecule has 7 heteroatoms. The summed E-state index contributed by atoms with van der Waals surface area (Å²) in [6, 6.07) is 12.5. The lowest BCUT2D eigenvalue weighted by atomic mass is 9.85. The number of carbonyl (C=O) groups excluding carboxylic acids is 2. The average molecular weight is 484 g/mol. The quantitative estimate of drug-likeness (QED) is 0.287. The number of carbonyl (C=O) groups is 3. The number of ether oxygens (including phenoxy) is 2. The Morgan fingerprint density at radius 1 is 1.03 bits per heavy atom. The average Bonchev–Trinajstić information content (AvgIpc) is 2.81. The van der Waals surface area contributed by atoms with E-state index in [4.69, 9.17) is 14.6 Å². The minimum absolute atomic E-state index is 0.00282. The monoisotopic (exact) mass is 483 g/mol. The van der Waals surface area contributed by atoms with Crippen LogP contribution in [-0.2, 0) is 19.7 Å². The summed E-state index contributed by atoms with van der Waals surface area (Å²) in [6.07, 6.45) is 4.29. The molecule has 0 aliphatic rings. The van der Waals surface area contributed by atoms with Crippen LogP contribution in [0.5, 0.6) is 5.75 Å². The molecule has 2 N–H and O–H groups in total. The third kappa shape index (κ3) is 8.74. The summed E-state index contributed by atoms with van der Waals surface area (Å²) in [5.41, 5.74) is 2.69. The van der Waals surface area contributed by atoms with Gasteiger partial charge in [0.25, 0.3) is 0 Å². The molecule has 0 aromatic heterocycles. The van der Waals surface area contributed by atoms with Gasteiger partial charge >= 0.3 is 11.9 Å². The molecule has 0 saturated carbocycles. The van der Waals surface area contributed by atoms with E-state index in [-0.39, 0.29) is 23.7 Å². The predicted octanol–water partition coefficient (Wildman–Crippen LogP) is 5.93. The highest BCUT2D eigenvalue weighted by molar-refractivity contribution is 5.95. The first-order valence-electron chi connectivity index (χ1n) is 12.0. The molecule has 0 heterocycles. The Labute approximate surface area is 207 Å². The largest absolute Gasteiger partial charge is 0.482 e. The molecule has 0 saturated heterocycles. The number of unbranched alkanes of at least 4 members (excludes halogenated alkanes) is 2. The molecule has 0 spiro atoms. The maximum Gasteiger partial charge on any atom is 0.341 e. The lowest BCUT2D eigenvalue weighted by Gasteiger charge is -2.24. The van der Waals surface area contributed by atoms with Crippen LogP contribution in [0.1, 0.15) is 87.2 Å². The number of nitrogens with one attached hydrogen (secondary N) is 1. The van der Waals surface area contributed by atoms with Crippen molar-refractivity contribution in [3.8, 4) is 5.75 Å². The number of benzene rings is 2. The molecule has 2 aromatic rings. The van der Waals surface area contributed by atoms with Gasteiger partial charge in [0.05, 0.1) is 12.7 Å². The van der Waals surface area contributed by atoms with Gasteiger partial charge in [-0.1, -0.05) is 65.2 Å². The molecule has 190 valence electrons. The molecular weight excluding hydrogens is 446 g/mol. The van der Waals surface area contributed by atoms with Gasteiger partial charge in [-0.15, -0.1) is 0 Å². The zero-order valence-electron chi connectivity index (χ0n) is 21.3. The normalized spacial score (nSPS) is 12.0. The number of hydrogen-bond acceptors (Lipinski definition) is 5. The molecule has 0 aliphatic heterocycles. The SMILES string of the molecule is CCCCCC(CC(=O)Nc1cc(C(=O)OC)ccc1C(C)(C)C)c1ccc(OCC(=O)O)cc1. The summed E-state index contributed by atoms with van der Waals surface area (Å²) in [6.45, 7) is 7.90. The van der Waals surface area contributed by atoms with Crippen molar-refractivity contribution in [2.24, 2.45) is 0 Å². The van der Waals surface area contributed by atoms with Gasteiger partial charge in [0.2, 0.25) is 5.91 Å². The maximum atomic E-state index is 13.2. The smallest absolute Gasteiger partial charge is 0.341 e. The van der Waals surface area contributed by atoms with Crippen LogP contribution in [0.15, 0.2) is 42.5 Å². The fourth-order valence-corrected chi connectivity index (χ4v) is 3.98. The van der Waals surface area contributed by atoms with Crippen LogP contribution in [0.2, 0.25) is 0 Å². The van der Waals surface area contributed by atoms with Crippen molar-refractivity contribution >= 4 is 23.5 Å². The predicted molar refractivity (Wildman–Crippen MR) is 136 cm³/mol. The molecular formula is C28H37NO6. The maximum absolute atomic E-state index is 13.2. The zero-order chi connectivity index (χ0) is 26.0. The Morgan fingerprint density at radius 2 is 1.71 bits per heavy atom. The zero-order valence-corrected chi connectivity index (χ0v) is 21.3. The van der Waals surface area contributed by atoms with Gasteiger partial charge in [0.1, 0.15) is 5.75 Å². The van der Waals surface area contributed by atoms with Gasteiger partial charge in [-0.05, 0) is 53.1 Å². The van der Waals surface area contributed by atoms with Crippen LogP contribution in [0.25, 0.3) is 0 Å². The number of rotatable bonds is 12. The highest BCUT2D eigenvalue weighted by Crippen LogP contribution is 2.32. The Hall–Kier alpha value is -3.35. The lowest BCUT2D eigenvalue weighted by Crippen LogP contribution is -2.21. The summed E-state index contributed by atoms with van der Waals surface area (Å²) in [7, 11) is 1.33. The lowest BCUT2D eigenvalue weighted by molar-refractivity contribution is -0.139. The first-order valence-corrected chi connectivity index (χ1v) is 12.0. The number of esters is 1. The van der Waals surface area contributed by atoms with E-state index in [2.05, 4.69) is 33.0 Å². The van der Waals surface area contributed by atoms with Crippen LogP contribution in [0.4, 0.5) is 5.69 Å². The van der Waals surface area contributed by atoms with Gasteiger partial charge in [-0.25, -0.2) is 9.59 Å². The van der Waals surface area contributed by atoms with Crippen molar-refractivity contribution in [1.29, 1.82) is 0 Å². The number of carboxylic acid groups (broad SMARTS) is 1. The molecule has 1 amide bonds. The van der Waals surface area contributed by atoms with Crippen LogP contribution in [0.3, 0.4) is 0 Å². The first-order chi connectivity index (χ1) is 16.5. The van der Waals surface area contributed by atoms with Gasteiger partial charge in [0.15, 0.2) is 6.61 Å². The molecule has 35 heavy (non-hydrogen) atoms. The standard InChI is InChI=1S/C28H37NO6/c1-6-7-8-9-20(19-10-13-22(14-11-19)35-18-26(31)32)17-25(30)29-24-16-21(27(33)34-5)12-15-23(24)28(2,3)4/h10-16,20H,6-9,17-18H2,1-5H3,(H,29,30)(H,31,32).